The summed E-state index contributed by atoms with van der Waals surface area (Å²) in [7, 11) is 0. The molecule has 0 radical (unpaired) electrons. The van der Waals surface area contributed by atoms with Crippen molar-refractivity contribution in [3.63, 3.8) is 0 Å². The maximum atomic E-state index is 12.2. The van der Waals surface area contributed by atoms with Crippen LogP contribution in [0.3, 0.4) is 0 Å². The van der Waals surface area contributed by atoms with Crippen LogP contribution in [0, 0.1) is 0 Å². The molecule has 2 aliphatic rings. The van der Waals surface area contributed by atoms with Gasteiger partial charge in [0.05, 0.1) is 24.4 Å². The molecule has 1 aromatic rings. The molecule has 1 N–H and O–H groups in total. The number of furan rings is 1. The second kappa shape index (κ2) is 5.82. The van der Waals surface area contributed by atoms with Crippen LogP contribution in [-0.2, 0) is 9.53 Å². The first-order valence-corrected chi connectivity index (χ1v) is 7.26. The summed E-state index contributed by atoms with van der Waals surface area (Å²) in [5.41, 5.74) is 0. The van der Waals surface area contributed by atoms with Crippen molar-refractivity contribution in [2.75, 3.05) is 33.0 Å². The number of morpholine rings is 1. The predicted molar refractivity (Wildman–Crippen MR) is 72.9 cm³/mol. The maximum absolute atomic E-state index is 12.2. The number of carbonyl (C=O) groups is 2. The number of carbonyl (C=O) groups excluding carboxylic acids is 2. The first kappa shape index (κ1) is 13.4. The van der Waals surface area contributed by atoms with Crippen LogP contribution in [0.5, 0.6) is 0 Å². The molecular formula is C13H15N2O4S+. The van der Waals surface area contributed by atoms with Crippen LogP contribution in [0.15, 0.2) is 27.7 Å². The average molecular weight is 295 g/mol. The first-order valence-electron chi connectivity index (χ1n) is 6.44. The van der Waals surface area contributed by atoms with Crippen molar-refractivity contribution in [1.29, 1.82) is 0 Å². The quantitative estimate of drug-likeness (QED) is 0.807. The Kier molecular flexibility index (Phi) is 3.90. The minimum Gasteiger partial charge on any atom is -0.465 e. The summed E-state index contributed by atoms with van der Waals surface area (Å²) in [6.45, 7) is 3.39. The van der Waals surface area contributed by atoms with E-state index in [4.69, 9.17) is 9.15 Å². The van der Waals surface area contributed by atoms with Gasteiger partial charge < -0.3 is 14.1 Å². The Bertz CT molecular complexity index is 535. The standard InChI is InChI=1S/C13H14N2O4S/c16-12-11(8-10-2-1-5-19-10)20-13(17)15(12)9-14-3-6-18-7-4-14/h1-2,5,8H,3-4,6-7,9H2/p+1. The molecule has 6 nitrogen and oxygen atoms in total. The zero-order valence-corrected chi connectivity index (χ0v) is 11.6. The second-order valence-electron chi connectivity index (χ2n) is 4.65. The van der Waals surface area contributed by atoms with E-state index < -0.39 is 0 Å². The van der Waals surface area contributed by atoms with Gasteiger partial charge in [0.15, 0.2) is 6.67 Å². The fourth-order valence-electron chi connectivity index (χ4n) is 2.18. The second-order valence-corrected chi connectivity index (χ2v) is 5.64. The lowest BCUT2D eigenvalue weighted by molar-refractivity contribution is -0.915. The van der Waals surface area contributed by atoms with Crippen molar-refractivity contribution in [1.82, 2.24) is 4.90 Å². The summed E-state index contributed by atoms with van der Waals surface area (Å²) >= 11 is 0.963. The summed E-state index contributed by atoms with van der Waals surface area (Å²) in [6, 6.07) is 3.50. The number of nitrogens with one attached hydrogen (secondary N) is 1. The van der Waals surface area contributed by atoms with Gasteiger partial charge in [-0.2, -0.15) is 0 Å². The number of quaternary nitrogens is 1. The molecule has 0 atom stereocenters. The Morgan fingerprint density at radius 2 is 2.15 bits per heavy atom. The normalized spacial score (nSPS) is 23.0. The lowest BCUT2D eigenvalue weighted by atomic mass is 10.3. The molecule has 3 rings (SSSR count). The molecule has 0 aliphatic carbocycles. The van der Waals surface area contributed by atoms with Gasteiger partial charge in [-0.05, 0) is 23.9 Å². The minimum absolute atomic E-state index is 0.216. The highest BCUT2D eigenvalue weighted by Gasteiger charge is 2.37. The highest BCUT2D eigenvalue weighted by atomic mass is 32.2. The Balaban J connectivity index is 1.70. The molecule has 0 saturated carbocycles. The lowest BCUT2D eigenvalue weighted by Gasteiger charge is -2.26. The van der Waals surface area contributed by atoms with Crippen LogP contribution in [-0.4, -0.2) is 49.0 Å². The van der Waals surface area contributed by atoms with Gasteiger partial charge in [-0.3, -0.25) is 9.59 Å². The SMILES string of the molecule is O=C1SC(=Cc2ccco2)C(=O)N1C[NH+]1CCOCC1. The number of thioether (sulfide) groups is 1. The number of hydrogen-bond donors (Lipinski definition) is 1. The molecule has 2 fully saturated rings. The predicted octanol–water partition coefficient (Wildman–Crippen LogP) is 0.188. The Morgan fingerprint density at radius 3 is 2.85 bits per heavy atom. The molecule has 106 valence electrons. The fourth-order valence-corrected chi connectivity index (χ4v) is 3.00. The largest absolute Gasteiger partial charge is 0.465 e. The van der Waals surface area contributed by atoms with E-state index in [1.807, 2.05) is 0 Å². The van der Waals surface area contributed by atoms with Crippen molar-refractivity contribution < 1.29 is 23.6 Å². The Morgan fingerprint density at radius 1 is 1.35 bits per heavy atom. The van der Waals surface area contributed by atoms with Crippen molar-refractivity contribution in [3.05, 3.63) is 29.1 Å². The number of imide groups is 1. The summed E-state index contributed by atoms with van der Waals surface area (Å²) in [4.78, 5) is 27.1. The van der Waals surface area contributed by atoms with E-state index in [-0.39, 0.29) is 11.1 Å². The van der Waals surface area contributed by atoms with E-state index in [1.165, 1.54) is 16.1 Å². The first-order chi connectivity index (χ1) is 9.74. The molecule has 0 unspecified atom stereocenters. The molecule has 2 saturated heterocycles. The highest BCUT2D eigenvalue weighted by molar-refractivity contribution is 8.18. The van der Waals surface area contributed by atoms with E-state index in [0.29, 0.717) is 30.5 Å². The monoisotopic (exact) mass is 295 g/mol. The molecule has 1 aromatic heterocycles. The van der Waals surface area contributed by atoms with Crippen molar-refractivity contribution in [3.8, 4) is 0 Å². The van der Waals surface area contributed by atoms with E-state index >= 15 is 0 Å². The molecule has 0 bridgehead atoms. The summed E-state index contributed by atoms with van der Waals surface area (Å²) in [6.07, 6.45) is 3.15. The molecule has 2 amide bonds. The third kappa shape index (κ3) is 2.79. The Labute approximate surface area is 120 Å². The number of hydrogen-bond acceptors (Lipinski definition) is 5. The van der Waals surface area contributed by atoms with Gasteiger partial charge in [-0.15, -0.1) is 0 Å². The molecule has 20 heavy (non-hydrogen) atoms. The van der Waals surface area contributed by atoms with Crippen LogP contribution in [0.25, 0.3) is 6.08 Å². The van der Waals surface area contributed by atoms with E-state index in [1.54, 1.807) is 18.2 Å². The number of ether oxygens (including phenoxy) is 1. The van der Waals surface area contributed by atoms with Gasteiger partial charge in [0.2, 0.25) is 0 Å². The van der Waals surface area contributed by atoms with E-state index in [0.717, 1.165) is 24.9 Å². The van der Waals surface area contributed by atoms with Crippen LogP contribution < -0.4 is 4.90 Å². The third-order valence-electron chi connectivity index (χ3n) is 3.27. The topological polar surface area (TPSA) is 64.2 Å². The highest BCUT2D eigenvalue weighted by Crippen LogP contribution is 2.31. The molecule has 3 heterocycles. The molecule has 2 aliphatic heterocycles. The maximum Gasteiger partial charge on any atom is 0.298 e. The van der Waals surface area contributed by atoms with Crippen molar-refractivity contribution >= 4 is 29.0 Å². The van der Waals surface area contributed by atoms with E-state index in [2.05, 4.69) is 0 Å². The molecule has 0 spiro atoms. The fraction of sp³-hybridized carbons (Fsp3) is 0.385. The van der Waals surface area contributed by atoms with Crippen LogP contribution >= 0.6 is 11.8 Å². The van der Waals surface area contributed by atoms with Crippen LogP contribution in [0.2, 0.25) is 0 Å². The van der Waals surface area contributed by atoms with E-state index in [9.17, 15) is 9.59 Å². The number of amides is 2. The molecule has 0 aromatic carbocycles. The minimum atomic E-state index is -0.240. The number of nitrogens with zero attached hydrogens (tertiary/aromatic N) is 1. The molecule has 7 heteroatoms. The third-order valence-corrected chi connectivity index (χ3v) is 4.18. The van der Waals surface area contributed by atoms with Gasteiger partial charge in [0.1, 0.15) is 18.8 Å². The zero-order valence-electron chi connectivity index (χ0n) is 10.8. The van der Waals surface area contributed by atoms with Crippen LogP contribution in [0.4, 0.5) is 4.79 Å². The van der Waals surface area contributed by atoms with Crippen molar-refractivity contribution in [2.45, 2.75) is 0 Å². The lowest BCUT2D eigenvalue weighted by Crippen LogP contribution is -3.15. The van der Waals surface area contributed by atoms with Gasteiger partial charge in [-0.25, -0.2) is 4.90 Å². The Hall–Kier alpha value is -1.57. The zero-order chi connectivity index (χ0) is 13.9. The number of rotatable bonds is 3. The summed E-state index contributed by atoms with van der Waals surface area (Å²) < 4.78 is 10.4. The smallest absolute Gasteiger partial charge is 0.298 e. The van der Waals surface area contributed by atoms with Gasteiger partial charge in [0, 0.05) is 6.08 Å². The average Bonchev–Trinajstić information content (AvgIpc) is 3.05. The van der Waals surface area contributed by atoms with Gasteiger partial charge in [0.25, 0.3) is 11.1 Å². The van der Waals surface area contributed by atoms with Gasteiger partial charge >= 0.3 is 0 Å². The molecular weight excluding hydrogens is 280 g/mol. The summed E-state index contributed by atoms with van der Waals surface area (Å²) in [5, 5.41) is -0.216. The summed E-state index contributed by atoms with van der Waals surface area (Å²) in [5.74, 6) is 0.338. The van der Waals surface area contributed by atoms with Crippen LogP contribution in [0.1, 0.15) is 5.76 Å². The van der Waals surface area contributed by atoms with Gasteiger partial charge in [-0.1, -0.05) is 0 Å². The van der Waals surface area contributed by atoms with Crippen molar-refractivity contribution in [2.24, 2.45) is 0 Å².